The average molecular weight is 492 g/mol. The van der Waals surface area contributed by atoms with Crippen molar-refractivity contribution in [3.05, 3.63) is 60.2 Å². The molecular formula is C23H29N3O5S2. The SMILES string of the molecule is CN1CCC(NS(=O)(=O)c2ccc(N(C)C(=O)/C=C/c3ccc(S(C)(=O)=O)cc3)cc2)CC1. The van der Waals surface area contributed by atoms with E-state index in [2.05, 4.69) is 9.62 Å². The smallest absolute Gasteiger partial charge is 0.250 e. The molecule has 1 heterocycles. The number of amides is 1. The van der Waals surface area contributed by atoms with Crippen molar-refractivity contribution in [1.29, 1.82) is 0 Å². The van der Waals surface area contributed by atoms with Crippen LogP contribution in [0.5, 0.6) is 0 Å². The van der Waals surface area contributed by atoms with Gasteiger partial charge in [-0.3, -0.25) is 4.79 Å². The Kier molecular flexibility index (Phi) is 7.73. The Morgan fingerprint density at radius 3 is 2.06 bits per heavy atom. The second-order valence-electron chi connectivity index (χ2n) is 8.26. The van der Waals surface area contributed by atoms with Gasteiger partial charge in [0, 0.05) is 31.1 Å². The lowest BCUT2D eigenvalue weighted by molar-refractivity contribution is -0.113. The van der Waals surface area contributed by atoms with E-state index in [1.54, 1.807) is 37.4 Å². The molecule has 2 aromatic rings. The van der Waals surface area contributed by atoms with Crippen LogP contribution in [0.4, 0.5) is 5.69 Å². The number of piperidine rings is 1. The number of sulfone groups is 1. The highest BCUT2D eigenvalue weighted by atomic mass is 32.2. The van der Waals surface area contributed by atoms with E-state index in [9.17, 15) is 21.6 Å². The minimum Gasteiger partial charge on any atom is -0.312 e. The molecule has 2 aromatic carbocycles. The van der Waals surface area contributed by atoms with E-state index in [4.69, 9.17) is 0 Å². The van der Waals surface area contributed by atoms with Gasteiger partial charge in [-0.25, -0.2) is 21.6 Å². The van der Waals surface area contributed by atoms with E-state index in [0.717, 1.165) is 32.2 Å². The third-order valence-electron chi connectivity index (χ3n) is 5.63. The van der Waals surface area contributed by atoms with Crippen LogP contribution < -0.4 is 9.62 Å². The highest BCUT2D eigenvalue weighted by molar-refractivity contribution is 7.90. The molecule has 1 N–H and O–H groups in total. The zero-order valence-corrected chi connectivity index (χ0v) is 20.6. The lowest BCUT2D eigenvalue weighted by atomic mass is 10.1. The molecule has 0 radical (unpaired) electrons. The number of likely N-dealkylation sites (tertiary alicyclic amines) is 1. The van der Waals surface area contributed by atoms with E-state index < -0.39 is 19.9 Å². The largest absolute Gasteiger partial charge is 0.312 e. The van der Waals surface area contributed by atoms with E-state index in [1.165, 1.54) is 35.2 Å². The predicted octanol–water partition coefficient (Wildman–Crippen LogP) is 2.14. The third kappa shape index (κ3) is 6.73. The van der Waals surface area contributed by atoms with Crippen LogP contribution in [-0.2, 0) is 24.7 Å². The van der Waals surface area contributed by atoms with Crippen LogP contribution in [0.3, 0.4) is 0 Å². The normalized spacial score (nSPS) is 16.2. The fourth-order valence-corrected chi connectivity index (χ4v) is 5.43. The molecule has 0 spiro atoms. The first kappa shape index (κ1) is 25.1. The van der Waals surface area contributed by atoms with Crippen LogP contribution in [0, 0.1) is 0 Å². The monoisotopic (exact) mass is 491 g/mol. The molecule has 1 aliphatic heterocycles. The number of carbonyl (C=O) groups is 1. The number of benzene rings is 2. The number of sulfonamides is 1. The molecule has 1 aliphatic rings. The summed E-state index contributed by atoms with van der Waals surface area (Å²) < 4.78 is 51.2. The average Bonchev–Trinajstić information content (AvgIpc) is 2.78. The van der Waals surface area contributed by atoms with Crippen molar-refractivity contribution >= 4 is 37.5 Å². The van der Waals surface area contributed by atoms with Crippen molar-refractivity contribution in [3.8, 4) is 0 Å². The molecule has 0 aromatic heterocycles. The van der Waals surface area contributed by atoms with Gasteiger partial charge in [0.15, 0.2) is 9.84 Å². The number of anilines is 1. The number of hydrogen-bond acceptors (Lipinski definition) is 6. The Hall–Kier alpha value is -2.53. The van der Waals surface area contributed by atoms with Gasteiger partial charge < -0.3 is 9.80 Å². The number of nitrogens with zero attached hydrogens (tertiary/aromatic N) is 2. The molecule has 10 heteroatoms. The van der Waals surface area contributed by atoms with E-state index >= 15 is 0 Å². The van der Waals surface area contributed by atoms with Crippen molar-refractivity contribution < 1.29 is 21.6 Å². The molecule has 0 bridgehead atoms. The molecule has 0 unspecified atom stereocenters. The van der Waals surface area contributed by atoms with Crippen LogP contribution in [0.1, 0.15) is 18.4 Å². The molecule has 1 fully saturated rings. The van der Waals surface area contributed by atoms with E-state index in [0.29, 0.717) is 11.3 Å². The second kappa shape index (κ2) is 10.2. The van der Waals surface area contributed by atoms with E-state index in [1.807, 2.05) is 7.05 Å². The fourth-order valence-electron chi connectivity index (χ4n) is 3.50. The lowest BCUT2D eigenvalue weighted by Crippen LogP contribution is -2.43. The fraction of sp³-hybridized carbons (Fsp3) is 0.348. The first-order valence-corrected chi connectivity index (χ1v) is 13.9. The summed E-state index contributed by atoms with van der Waals surface area (Å²) in [5, 5.41) is 0. The zero-order valence-electron chi connectivity index (χ0n) is 18.9. The third-order valence-corrected chi connectivity index (χ3v) is 8.30. The number of hydrogen-bond donors (Lipinski definition) is 1. The van der Waals surface area contributed by atoms with Crippen molar-refractivity contribution in [3.63, 3.8) is 0 Å². The van der Waals surface area contributed by atoms with Crippen LogP contribution >= 0.6 is 0 Å². The molecule has 0 aliphatic carbocycles. The Morgan fingerprint density at radius 1 is 0.970 bits per heavy atom. The molecule has 0 atom stereocenters. The lowest BCUT2D eigenvalue weighted by Gasteiger charge is -2.29. The maximum absolute atomic E-state index is 12.7. The topological polar surface area (TPSA) is 104 Å². The highest BCUT2D eigenvalue weighted by Gasteiger charge is 2.23. The summed E-state index contributed by atoms with van der Waals surface area (Å²) in [5.41, 5.74) is 1.24. The maximum atomic E-state index is 12.7. The molecule has 178 valence electrons. The molecule has 3 rings (SSSR count). The van der Waals surface area contributed by atoms with Crippen molar-refractivity contribution in [2.24, 2.45) is 0 Å². The Balaban J connectivity index is 1.63. The number of rotatable bonds is 7. The number of carbonyl (C=O) groups excluding carboxylic acids is 1. The van der Waals surface area contributed by atoms with Crippen molar-refractivity contribution in [2.45, 2.75) is 28.7 Å². The summed E-state index contributed by atoms with van der Waals surface area (Å²) >= 11 is 0. The van der Waals surface area contributed by atoms with Gasteiger partial charge in [0.05, 0.1) is 9.79 Å². The van der Waals surface area contributed by atoms with Crippen LogP contribution in [0.25, 0.3) is 6.08 Å². The minimum absolute atomic E-state index is 0.0771. The quantitative estimate of drug-likeness (QED) is 0.595. The predicted molar refractivity (Wildman–Crippen MR) is 129 cm³/mol. The summed E-state index contributed by atoms with van der Waals surface area (Å²) in [6.45, 7) is 1.71. The molecule has 1 amide bonds. The van der Waals surface area contributed by atoms with Crippen LogP contribution in [-0.4, -0.2) is 67.1 Å². The summed E-state index contributed by atoms with van der Waals surface area (Å²) in [4.78, 5) is 16.5. The van der Waals surface area contributed by atoms with Gasteiger partial charge in [-0.2, -0.15) is 0 Å². The second-order valence-corrected chi connectivity index (χ2v) is 12.0. The standard InChI is InChI=1S/C23H29N3O5S2/c1-25-16-14-19(15-17-25)24-33(30,31)22-11-7-20(8-12-22)26(2)23(27)13-6-18-4-9-21(10-5-18)32(3,28)29/h4-13,19,24H,14-17H2,1-3H3/b13-6+. The molecule has 1 saturated heterocycles. The first-order valence-electron chi connectivity index (χ1n) is 10.5. The van der Waals surface area contributed by atoms with Crippen LogP contribution in [0.15, 0.2) is 64.4 Å². The highest BCUT2D eigenvalue weighted by Crippen LogP contribution is 2.19. The van der Waals surface area contributed by atoms with Gasteiger partial charge in [0.2, 0.25) is 10.0 Å². The summed E-state index contributed by atoms with van der Waals surface area (Å²) in [5.74, 6) is -0.303. The zero-order chi connectivity index (χ0) is 24.2. The van der Waals surface area contributed by atoms with Crippen LogP contribution in [0.2, 0.25) is 0 Å². The van der Waals surface area contributed by atoms with Gasteiger partial charge >= 0.3 is 0 Å². The molecular weight excluding hydrogens is 462 g/mol. The molecule has 0 saturated carbocycles. The van der Waals surface area contributed by atoms with Gasteiger partial charge in [0.1, 0.15) is 0 Å². The Labute approximate surface area is 195 Å². The van der Waals surface area contributed by atoms with Gasteiger partial charge in [-0.05, 0) is 81.0 Å². The Bertz CT molecular complexity index is 1210. The molecule has 8 nitrogen and oxygen atoms in total. The number of likely N-dealkylation sites (N-methyl/N-ethyl adjacent to an activating group) is 1. The van der Waals surface area contributed by atoms with Gasteiger partial charge in [-0.15, -0.1) is 0 Å². The number of nitrogens with one attached hydrogen (secondary N) is 1. The summed E-state index contributed by atoms with van der Waals surface area (Å²) in [6.07, 6.45) is 5.65. The summed E-state index contributed by atoms with van der Waals surface area (Å²) in [6, 6.07) is 12.3. The Morgan fingerprint density at radius 2 is 1.52 bits per heavy atom. The minimum atomic E-state index is -3.63. The van der Waals surface area contributed by atoms with Crippen molar-refractivity contribution in [1.82, 2.24) is 9.62 Å². The molecule has 33 heavy (non-hydrogen) atoms. The van der Waals surface area contributed by atoms with Gasteiger partial charge in [0.25, 0.3) is 5.91 Å². The first-order chi connectivity index (χ1) is 15.5. The van der Waals surface area contributed by atoms with E-state index in [-0.39, 0.29) is 21.7 Å². The summed E-state index contributed by atoms with van der Waals surface area (Å²) in [7, 11) is -3.29. The van der Waals surface area contributed by atoms with Gasteiger partial charge in [-0.1, -0.05) is 12.1 Å². The maximum Gasteiger partial charge on any atom is 0.250 e. The van der Waals surface area contributed by atoms with Crippen molar-refractivity contribution in [2.75, 3.05) is 38.3 Å².